The predicted octanol–water partition coefficient (Wildman–Crippen LogP) is 1.73. The lowest BCUT2D eigenvalue weighted by Crippen LogP contribution is -2.04. The molecule has 15 heavy (non-hydrogen) atoms. The molecule has 0 atom stereocenters. The van der Waals surface area contributed by atoms with E-state index in [9.17, 15) is 4.39 Å². The number of hydrogen-bond donors (Lipinski definition) is 1. The molecule has 2 aromatic rings. The molecule has 1 aromatic heterocycles. The summed E-state index contributed by atoms with van der Waals surface area (Å²) in [5, 5.41) is 13.9. The van der Waals surface area contributed by atoms with Crippen molar-refractivity contribution in [3.8, 4) is 0 Å². The quantitative estimate of drug-likeness (QED) is 0.834. The molecule has 2 rings (SSSR count). The first-order valence-electron chi connectivity index (χ1n) is 5.02. The van der Waals surface area contributed by atoms with Gasteiger partial charge in [-0.05, 0) is 13.0 Å². The van der Waals surface area contributed by atoms with Gasteiger partial charge >= 0.3 is 0 Å². The summed E-state index contributed by atoms with van der Waals surface area (Å²) in [6.45, 7) is 2.69. The van der Waals surface area contributed by atoms with E-state index in [0.29, 0.717) is 18.5 Å². The second kappa shape index (κ2) is 3.98. The summed E-state index contributed by atoms with van der Waals surface area (Å²) < 4.78 is 15.2. The zero-order chi connectivity index (χ0) is 10.8. The van der Waals surface area contributed by atoms with Crippen LogP contribution in [-0.4, -0.2) is 21.5 Å². The molecule has 0 amide bonds. The highest BCUT2D eigenvalue weighted by Gasteiger charge is 2.12. The fraction of sp³-hybridized carbons (Fsp3) is 0.364. The monoisotopic (exact) mass is 208 g/mol. The van der Waals surface area contributed by atoms with Crippen LogP contribution in [0.2, 0.25) is 0 Å². The van der Waals surface area contributed by atoms with Crippen LogP contribution in [0, 0.1) is 5.82 Å². The van der Waals surface area contributed by atoms with Crippen molar-refractivity contribution in [2.24, 2.45) is 0 Å². The van der Waals surface area contributed by atoms with Crippen molar-refractivity contribution in [2.75, 3.05) is 6.61 Å². The maximum Gasteiger partial charge on any atom is 0.151 e. The lowest BCUT2D eigenvalue weighted by Gasteiger charge is -2.02. The van der Waals surface area contributed by atoms with Crippen molar-refractivity contribution in [3.63, 3.8) is 0 Å². The van der Waals surface area contributed by atoms with Gasteiger partial charge in [-0.3, -0.25) is 4.68 Å². The van der Waals surface area contributed by atoms with Crippen LogP contribution in [0.3, 0.4) is 0 Å². The number of aryl methyl sites for hydroxylation is 1. The smallest absolute Gasteiger partial charge is 0.151 e. The van der Waals surface area contributed by atoms with Crippen LogP contribution in [0.15, 0.2) is 18.2 Å². The van der Waals surface area contributed by atoms with Gasteiger partial charge in [0.15, 0.2) is 5.82 Å². The predicted molar refractivity (Wildman–Crippen MR) is 56.2 cm³/mol. The van der Waals surface area contributed by atoms with Gasteiger partial charge in [0.05, 0.1) is 0 Å². The first-order valence-corrected chi connectivity index (χ1v) is 5.02. The fourth-order valence-electron chi connectivity index (χ4n) is 1.80. The average molecular weight is 208 g/mol. The van der Waals surface area contributed by atoms with Crippen LogP contribution >= 0.6 is 0 Å². The molecule has 1 N–H and O–H groups in total. The molecule has 0 spiro atoms. The van der Waals surface area contributed by atoms with Gasteiger partial charge in [-0.1, -0.05) is 12.1 Å². The second-order valence-electron chi connectivity index (χ2n) is 3.37. The molecule has 0 aliphatic rings. The summed E-state index contributed by atoms with van der Waals surface area (Å²) >= 11 is 0. The first-order chi connectivity index (χ1) is 7.27. The van der Waals surface area contributed by atoms with E-state index in [-0.39, 0.29) is 12.4 Å². The minimum absolute atomic E-state index is 0.0529. The Morgan fingerprint density at radius 3 is 2.93 bits per heavy atom. The van der Waals surface area contributed by atoms with Crippen LogP contribution in [0.1, 0.15) is 12.6 Å². The number of aromatic nitrogens is 2. The van der Waals surface area contributed by atoms with Crippen LogP contribution in [0.4, 0.5) is 4.39 Å². The molecule has 0 saturated carbocycles. The third kappa shape index (κ3) is 1.61. The highest BCUT2D eigenvalue weighted by molar-refractivity contribution is 5.82. The van der Waals surface area contributed by atoms with Gasteiger partial charge in [0.1, 0.15) is 5.52 Å². The minimum atomic E-state index is -0.307. The average Bonchev–Trinajstić information content (AvgIpc) is 2.59. The first kappa shape index (κ1) is 10.1. The Morgan fingerprint density at radius 2 is 2.27 bits per heavy atom. The lowest BCUT2D eigenvalue weighted by molar-refractivity contribution is 0.296. The zero-order valence-corrected chi connectivity index (χ0v) is 8.57. The molecule has 0 aliphatic heterocycles. The Labute approximate surface area is 87.1 Å². The SMILES string of the molecule is CCn1nc2c(F)cccc2c1CCO. The molecule has 0 unspecified atom stereocenters. The molecule has 0 bridgehead atoms. The summed E-state index contributed by atoms with van der Waals surface area (Å²) in [5.41, 5.74) is 1.29. The highest BCUT2D eigenvalue weighted by atomic mass is 19.1. The Hall–Kier alpha value is -1.42. The largest absolute Gasteiger partial charge is 0.396 e. The fourth-order valence-corrected chi connectivity index (χ4v) is 1.80. The minimum Gasteiger partial charge on any atom is -0.396 e. The highest BCUT2D eigenvalue weighted by Crippen LogP contribution is 2.21. The number of halogens is 1. The van der Waals surface area contributed by atoms with Crippen molar-refractivity contribution in [3.05, 3.63) is 29.7 Å². The summed E-state index contributed by atoms with van der Waals surface area (Å²) in [7, 11) is 0. The molecule has 4 heteroatoms. The number of aliphatic hydroxyl groups is 1. The number of aliphatic hydroxyl groups excluding tert-OH is 1. The van der Waals surface area contributed by atoms with Crippen LogP contribution in [0.5, 0.6) is 0 Å². The molecule has 3 nitrogen and oxygen atoms in total. The van der Waals surface area contributed by atoms with Gasteiger partial charge < -0.3 is 5.11 Å². The van der Waals surface area contributed by atoms with E-state index in [0.717, 1.165) is 11.1 Å². The Kier molecular flexibility index (Phi) is 2.68. The van der Waals surface area contributed by atoms with Crippen LogP contribution in [-0.2, 0) is 13.0 Å². The van der Waals surface area contributed by atoms with E-state index < -0.39 is 0 Å². The standard InChI is InChI=1S/C11H13FN2O/c1-2-14-10(6-7-15)8-4-3-5-9(12)11(8)13-14/h3-5,15H,2,6-7H2,1H3. The number of fused-ring (bicyclic) bond motifs is 1. The van der Waals surface area contributed by atoms with E-state index in [1.807, 2.05) is 13.0 Å². The molecular weight excluding hydrogens is 195 g/mol. The van der Waals surface area contributed by atoms with E-state index in [2.05, 4.69) is 5.10 Å². The number of nitrogens with zero attached hydrogens (tertiary/aromatic N) is 2. The lowest BCUT2D eigenvalue weighted by atomic mass is 10.1. The maximum atomic E-state index is 13.4. The van der Waals surface area contributed by atoms with Crippen molar-refractivity contribution in [2.45, 2.75) is 19.9 Å². The molecule has 1 aromatic carbocycles. The molecule has 0 saturated heterocycles. The summed E-state index contributed by atoms with van der Waals surface area (Å²) in [5.74, 6) is -0.307. The van der Waals surface area contributed by atoms with Gasteiger partial charge in [-0.15, -0.1) is 0 Å². The molecular formula is C11H13FN2O. The van der Waals surface area contributed by atoms with Crippen molar-refractivity contribution in [1.82, 2.24) is 9.78 Å². The van der Waals surface area contributed by atoms with Gasteiger partial charge in [-0.2, -0.15) is 5.10 Å². The molecule has 0 fully saturated rings. The zero-order valence-electron chi connectivity index (χ0n) is 8.57. The maximum absolute atomic E-state index is 13.4. The molecule has 0 aliphatic carbocycles. The third-order valence-electron chi connectivity index (χ3n) is 2.48. The van der Waals surface area contributed by atoms with E-state index in [1.165, 1.54) is 6.07 Å². The van der Waals surface area contributed by atoms with Gasteiger partial charge in [0.2, 0.25) is 0 Å². The van der Waals surface area contributed by atoms with E-state index in [1.54, 1.807) is 10.7 Å². The van der Waals surface area contributed by atoms with Crippen molar-refractivity contribution < 1.29 is 9.50 Å². The van der Waals surface area contributed by atoms with Crippen molar-refractivity contribution in [1.29, 1.82) is 0 Å². The number of benzene rings is 1. The van der Waals surface area contributed by atoms with Crippen LogP contribution in [0.25, 0.3) is 10.9 Å². The second-order valence-corrected chi connectivity index (χ2v) is 3.37. The summed E-state index contributed by atoms with van der Waals surface area (Å²) in [6, 6.07) is 4.90. The molecule has 0 radical (unpaired) electrons. The summed E-state index contributed by atoms with van der Waals surface area (Å²) in [6.07, 6.45) is 0.508. The topological polar surface area (TPSA) is 38.0 Å². The van der Waals surface area contributed by atoms with Gasteiger partial charge in [0, 0.05) is 30.7 Å². The number of rotatable bonds is 3. The molecule has 1 heterocycles. The van der Waals surface area contributed by atoms with Gasteiger partial charge in [0.25, 0.3) is 0 Å². The summed E-state index contributed by atoms with van der Waals surface area (Å²) in [4.78, 5) is 0. The Morgan fingerprint density at radius 1 is 1.47 bits per heavy atom. The Bertz CT molecular complexity index is 479. The number of hydrogen-bond acceptors (Lipinski definition) is 2. The third-order valence-corrected chi connectivity index (χ3v) is 2.48. The Balaban J connectivity index is 2.68. The van der Waals surface area contributed by atoms with Crippen LogP contribution < -0.4 is 0 Å². The molecule has 80 valence electrons. The van der Waals surface area contributed by atoms with E-state index >= 15 is 0 Å². The normalized spacial score (nSPS) is 11.1. The van der Waals surface area contributed by atoms with Crippen molar-refractivity contribution >= 4 is 10.9 Å². The van der Waals surface area contributed by atoms with Gasteiger partial charge in [-0.25, -0.2) is 4.39 Å². The van der Waals surface area contributed by atoms with E-state index in [4.69, 9.17) is 5.11 Å².